The van der Waals surface area contributed by atoms with Crippen LogP contribution in [-0.4, -0.2) is 25.9 Å². The maximum atomic E-state index is 13.3. The van der Waals surface area contributed by atoms with Gasteiger partial charge in [0, 0.05) is 12.3 Å². The minimum Gasteiger partial charge on any atom is -0.493 e. The second kappa shape index (κ2) is 7.07. The zero-order valence-electron chi connectivity index (χ0n) is 13.5. The van der Waals surface area contributed by atoms with Crippen LogP contribution in [0.1, 0.15) is 52.7 Å². The van der Waals surface area contributed by atoms with Crippen molar-refractivity contribution in [1.29, 1.82) is 0 Å². The Bertz CT molecular complexity index is 594. The standard InChI is InChI=1S/C13H25N2O4PS/c1-7-10(5)21-20(18,19-8-2)15-11(9(3)4)12(16)14(6)13(15)17/h9-10,16H,7-8H2,1-6H3. The Balaban J connectivity index is 3.56. The molecule has 1 heterocycles. The highest BCUT2D eigenvalue weighted by Gasteiger charge is 2.36. The topological polar surface area (TPSA) is 73.5 Å². The lowest BCUT2D eigenvalue weighted by atomic mass is 10.1. The molecule has 1 N–H and O–H groups in total. The molecule has 122 valence electrons. The third-order valence-electron chi connectivity index (χ3n) is 3.22. The molecule has 2 unspecified atom stereocenters. The lowest BCUT2D eigenvalue weighted by Gasteiger charge is -2.22. The largest absolute Gasteiger partial charge is 0.493 e. The van der Waals surface area contributed by atoms with Gasteiger partial charge in [-0.3, -0.25) is 9.13 Å². The Morgan fingerprint density at radius 3 is 2.33 bits per heavy atom. The van der Waals surface area contributed by atoms with Gasteiger partial charge in [-0.15, -0.1) is 0 Å². The van der Waals surface area contributed by atoms with E-state index in [4.69, 9.17) is 4.52 Å². The Labute approximate surface area is 129 Å². The molecule has 0 spiro atoms. The number of nitrogens with zero attached hydrogens (tertiary/aromatic N) is 2. The molecule has 1 aromatic heterocycles. The third-order valence-corrected chi connectivity index (χ3v) is 8.32. The highest BCUT2D eigenvalue weighted by atomic mass is 32.7. The molecule has 8 heteroatoms. The summed E-state index contributed by atoms with van der Waals surface area (Å²) >= 11 is 1.16. The molecule has 6 nitrogen and oxygen atoms in total. The van der Waals surface area contributed by atoms with E-state index in [2.05, 4.69) is 0 Å². The summed E-state index contributed by atoms with van der Waals surface area (Å²) in [5.74, 6) is -0.301. The van der Waals surface area contributed by atoms with Crippen LogP contribution in [0, 0.1) is 0 Å². The van der Waals surface area contributed by atoms with Crippen LogP contribution in [0.5, 0.6) is 5.88 Å². The lowest BCUT2D eigenvalue weighted by molar-refractivity contribution is 0.337. The van der Waals surface area contributed by atoms with Crippen molar-refractivity contribution in [3.05, 3.63) is 16.2 Å². The van der Waals surface area contributed by atoms with Crippen LogP contribution in [0.2, 0.25) is 0 Å². The van der Waals surface area contributed by atoms with Gasteiger partial charge in [0.25, 0.3) is 0 Å². The van der Waals surface area contributed by atoms with Gasteiger partial charge >= 0.3 is 12.4 Å². The monoisotopic (exact) mass is 336 g/mol. The van der Waals surface area contributed by atoms with Crippen molar-refractivity contribution in [2.45, 2.75) is 52.2 Å². The van der Waals surface area contributed by atoms with Gasteiger partial charge in [0.15, 0.2) is 0 Å². The number of aromatic nitrogens is 2. The summed E-state index contributed by atoms with van der Waals surface area (Å²) in [5.41, 5.74) is -0.154. The zero-order chi connectivity index (χ0) is 16.4. The summed E-state index contributed by atoms with van der Waals surface area (Å²) < 4.78 is 21.0. The first-order valence-corrected chi connectivity index (χ1v) is 10.2. The van der Waals surface area contributed by atoms with Crippen LogP contribution in [0.3, 0.4) is 0 Å². The molecule has 0 radical (unpaired) electrons. The fraction of sp³-hybridized carbons (Fsp3) is 0.769. The van der Waals surface area contributed by atoms with Crippen LogP contribution in [0.4, 0.5) is 0 Å². The first-order valence-electron chi connectivity index (χ1n) is 7.13. The molecule has 0 aliphatic heterocycles. The highest BCUT2D eigenvalue weighted by molar-refractivity contribution is 8.56. The van der Waals surface area contributed by atoms with E-state index in [0.29, 0.717) is 5.69 Å². The predicted octanol–water partition coefficient (Wildman–Crippen LogP) is 3.54. The van der Waals surface area contributed by atoms with E-state index in [-0.39, 0.29) is 23.7 Å². The van der Waals surface area contributed by atoms with Gasteiger partial charge in [-0.25, -0.2) is 9.13 Å². The van der Waals surface area contributed by atoms with E-state index in [1.807, 2.05) is 27.7 Å². The van der Waals surface area contributed by atoms with Gasteiger partial charge < -0.3 is 9.63 Å². The van der Waals surface area contributed by atoms with Crippen molar-refractivity contribution in [3.8, 4) is 5.88 Å². The fourth-order valence-corrected chi connectivity index (χ4v) is 7.14. The van der Waals surface area contributed by atoms with Crippen LogP contribution < -0.4 is 5.69 Å². The van der Waals surface area contributed by atoms with Gasteiger partial charge in [-0.05, 0) is 30.6 Å². The quantitative estimate of drug-likeness (QED) is 0.771. The van der Waals surface area contributed by atoms with Crippen molar-refractivity contribution in [1.82, 2.24) is 8.90 Å². The smallest absolute Gasteiger partial charge is 0.361 e. The molecule has 0 saturated carbocycles. The first kappa shape index (κ1) is 18.4. The van der Waals surface area contributed by atoms with Crippen LogP contribution in [0.15, 0.2) is 4.79 Å². The lowest BCUT2D eigenvalue weighted by Crippen LogP contribution is -2.23. The van der Waals surface area contributed by atoms with Crippen molar-refractivity contribution in [2.24, 2.45) is 7.05 Å². The summed E-state index contributed by atoms with van der Waals surface area (Å²) in [6.45, 7) is 6.16. The molecular formula is C13H25N2O4PS. The van der Waals surface area contributed by atoms with Gasteiger partial charge in [0.2, 0.25) is 5.88 Å². The molecule has 0 saturated heterocycles. The van der Waals surface area contributed by atoms with E-state index < -0.39 is 12.4 Å². The molecule has 0 fully saturated rings. The molecule has 0 aliphatic carbocycles. The van der Waals surface area contributed by atoms with Crippen LogP contribution in [-0.2, 0) is 16.1 Å². The van der Waals surface area contributed by atoms with E-state index in [9.17, 15) is 14.5 Å². The average molecular weight is 336 g/mol. The zero-order valence-corrected chi connectivity index (χ0v) is 15.2. The van der Waals surface area contributed by atoms with Gasteiger partial charge in [0.1, 0.15) is 0 Å². The second-order valence-corrected chi connectivity index (χ2v) is 9.86. The Hall–Kier alpha value is -0.650. The maximum Gasteiger partial charge on any atom is 0.361 e. The first-order chi connectivity index (χ1) is 9.69. The summed E-state index contributed by atoms with van der Waals surface area (Å²) in [6.07, 6.45) is 0.812. The normalized spacial score (nSPS) is 16.1. The van der Waals surface area contributed by atoms with E-state index in [1.165, 1.54) is 7.05 Å². The summed E-state index contributed by atoms with van der Waals surface area (Å²) in [6, 6.07) is 0. The minimum absolute atomic E-state index is 0.0802. The minimum atomic E-state index is -3.44. The molecule has 1 aromatic rings. The molecule has 1 rings (SSSR count). The Kier molecular flexibility index (Phi) is 6.20. The molecule has 0 bridgehead atoms. The summed E-state index contributed by atoms with van der Waals surface area (Å²) in [7, 11) is 1.46. The number of imidazole rings is 1. The average Bonchev–Trinajstić information content (AvgIpc) is 2.63. The Morgan fingerprint density at radius 2 is 1.90 bits per heavy atom. The highest BCUT2D eigenvalue weighted by Crippen LogP contribution is 2.63. The summed E-state index contributed by atoms with van der Waals surface area (Å²) in [4.78, 5) is 12.4. The Morgan fingerprint density at radius 1 is 1.33 bits per heavy atom. The molecule has 0 amide bonds. The van der Waals surface area contributed by atoms with Crippen LogP contribution >= 0.6 is 18.1 Å². The van der Waals surface area contributed by atoms with Crippen molar-refractivity contribution in [3.63, 3.8) is 0 Å². The van der Waals surface area contributed by atoms with Crippen LogP contribution in [0.25, 0.3) is 0 Å². The van der Waals surface area contributed by atoms with E-state index in [0.717, 1.165) is 26.7 Å². The van der Waals surface area contributed by atoms with Gasteiger partial charge in [-0.1, -0.05) is 27.7 Å². The number of rotatable bonds is 7. The van der Waals surface area contributed by atoms with Crippen molar-refractivity contribution < 1.29 is 14.2 Å². The number of hydrogen-bond acceptors (Lipinski definition) is 5. The van der Waals surface area contributed by atoms with E-state index >= 15 is 0 Å². The maximum absolute atomic E-state index is 13.3. The number of aromatic hydroxyl groups is 1. The molecule has 0 aliphatic rings. The fourth-order valence-electron chi connectivity index (χ4n) is 1.94. The van der Waals surface area contributed by atoms with Crippen molar-refractivity contribution >= 4 is 18.1 Å². The molecular weight excluding hydrogens is 311 g/mol. The molecule has 2 atom stereocenters. The molecule has 0 aromatic carbocycles. The van der Waals surface area contributed by atoms with Crippen molar-refractivity contribution in [2.75, 3.05) is 6.61 Å². The van der Waals surface area contributed by atoms with E-state index in [1.54, 1.807) is 6.92 Å². The SMILES string of the molecule is CCOP(=O)(SC(C)CC)n1c(C(C)C)c(O)n(C)c1=O. The van der Waals surface area contributed by atoms with Gasteiger partial charge in [-0.2, -0.15) is 0 Å². The molecule has 21 heavy (non-hydrogen) atoms. The van der Waals surface area contributed by atoms with Gasteiger partial charge in [0.05, 0.1) is 12.3 Å². The second-order valence-electron chi connectivity index (χ2n) is 5.23. The predicted molar refractivity (Wildman–Crippen MR) is 87.4 cm³/mol. The number of hydrogen-bond donors (Lipinski definition) is 1. The summed E-state index contributed by atoms with van der Waals surface area (Å²) in [5, 5.41) is 10.2. The third kappa shape index (κ3) is 3.58.